The van der Waals surface area contributed by atoms with Crippen LogP contribution >= 0.6 is 15.9 Å². The molecule has 10 heteroatoms. The zero-order valence-electron chi connectivity index (χ0n) is 17.7. The summed E-state index contributed by atoms with van der Waals surface area (Å²) < 4.78 is 21.7. The number of carbonyl (C=O) groups is 2. The molecule has 2 aromatic rings. The predicted octanol–water partition coefficient (Wildman–Crippen LogP) is 2.37. The van der Waals surface area contributed by atoms with Gasteiger partial charge in [0, 0.05) is 5.56 Å². The summed E-state index contributed by atoms with van der Waals surface area (Å²) in [6.45, 7) is -0.177. The summed E-state index contributed by atoms with van der Waals surface area (Å²) in [4.78, 5) is 24.3. The van der Waals surface area contributed by atoms with Crippen molar-refractivity contribution in [3.05, 3.63) is 45.9 Å². The lowest BCUT2D eigenvalue weighted by molar-refractivity contribution is -0.120. The number of rotatable bonds is 10. The van der Waals surface area contributed by atoms with Crippen molar-refractivity contribution in [2.45, 2.75) is 0 Å². The highest BCUT2D eigenvalue weighted by molar-refractivity contribution is 9.10. The van der Waals surface area contributed by atoms with Crippen LogP contribution in [0.1, 0.15) is 15.9 Å². The van der Waals surface area contributed by atoms with Crippen molar-refractivity contribution in [2.24, 2.45) is 5.10 Å². The Morgan fingerprint density at radius 3 is 2.47 bits per heavy atom. The Labute approximate surface area is 194 Å². The van der Waals surface area contributed by atoms with Gasteiger partial charge in [-0.3, -0.25) is 9.59 Å². The number of hydrazone groups is 1. The highest BCUT2D eigenvalue weighted by Crippen LogP contribution is 2.36. The molecule has 2 aromatic carbocycles. The molecule has 2 amide bonds. The van der Waals surface area contributed by atoms with E-state index in [1.807, 2.05) is 0 Å². The molecule has 9 nitrogen and oxygen atoms in total. The Bertz CT molecular complexity index is 1050. The van der Waals surface area contributed by atoms with Crippen LogP contribution in [-0.4, -0.2) is 52.5 Å². The van der Waals surface area contributed by atoms with Crippen molar-refractivity contribution in [3.63, 3.8) is 0 Å². The van der Waals surface area contributed by atoms with Crippen molar-refractivity contribution in [3.8, 4) is 35.3 Å². The molecular weight excluding hydrogens is 482 g/mol. The highest BCUT2D eigenvalue weighted by Gasteiger charge is 2.13. The van der Waals surface area contributed by atoms with Crippen LogP contribution < -0.4 is 29.7 Å². The van der Waals surface area contributed by atoms with Gasteiger partial charge in [0.1, 0.15) is 6.61 Å². The molecule has 0 unspecified atom stereocenters. The fourth-order valence-electron chi connectivity index (χ4n) is 2.53. The van der Waals surface area contributed by atoms with Gasteiger partial charge in [0.15, 0.2) is 23.0 Å². The van der Waals surface area contributed by atoms with E-state index in [0.717, 1.165) is 0 Å². The van der Waals surface area contributed by atoms with E-state index in [1.165, 1.54) is 33.6 Å². The molecular formula is C22H22BrN3O6. The quantitative estimate of drug-likeness (QED) is 0.292. The summed E-state index contributed by atoms with van der Waals surface area (Å²) in [5, 5.41) is 6.40. The summed E-state index contributed by atoms with van der Waals surface area (Å²) in [5.74, 6) is 3.25. The van der Waals surface area contributed by atoms with Gasteiger partial charge in [0.2, 0.25) is 0 Å². The van der Waals surface area contributed by atoms with Crippen LogP contribution in [0.2, 0.25) is 0 Å². The van der Waals surface area contributed by atoms with E-state index in [2.05, 4.69) is 37.7 Å². The topological polar surface area (TPSA) is 107 Å². The standard InChI is InChI=1S/C22H22BrN3O6/c1-5-8-32-21-16(23)9-14(10-19(21)31-4)12-25-26-20(27)13-24-22(28)15-6-7-17(29-2)18(11-15)30-3/h1,6-7,9-12H,8,13H2,2-4H3,(H,24,28)(H,26,27). The monoisotopic (exact) mass is 503 g/mol. The number of nitrogens with one attached hydrogen (secondary N) is 2. The van der Waals surface area contributed by atoms with Crippen molar-refractivity contribution in [2.75, 3.05) is 34.5 Å². The second-order valence-electron chi connectivity index (χ2n) is 6.07. The van der Waals surface area contributed by atoms with Crippen molar-refractivity contribution in [1.29, 1.82) is 0 Å². The van der Waals surface area contributed by atoms with Gasteiger partial charge in [-0.15, -0.1) is 6.42 Å². The van der Waals surface area contributed by atoms with E-state index in [4.69, 9.17) is 25.4 Å². The van der Waals surface area contributed by atoms with E-state index in [0.29, 0.717) is 38.6 Å². The molecule has 0 radical (unpaired) electrons. The molecule has 0 saturated carbocycles. The zero-order valence-corrected chi connectivity index (χ0v) is 19.3. The van der Waals surface area contributed by atoms with Gasteiger partial charge in [-0.2, -0.15) is 5.10 Å². The van der Waals surface area contributed by atoms with Crippen LogP contribution in [-0.2, 0) is 4.79 Å². The van der Waals surface area contributed by atoms with Crippen LogP contribution in [0.15, 0.2) is 39.9 Å². The molecule has 2 rings (SSSR count). The van der Waals surface area contributed by atoms with E-state index >= 15 is 0 Å². The fourth-order valence-corrected chi connectivity index (χ4v) is 3.10. The lowest BCUT2D eigenvalue weighted by Crippen LogP contribution is -2.34. The van der Waals surface area contributed by atoms with E-state index in [-0.39, 0.29) is 13.2 Å². The number of ether oxygens (including phenoxy) is 4. The van der Waals surface area contributed by atoms with Gasteiger partial charge < -0.3 is 24.3 Å². The second kappa shape index (κ2) is 12.2. The van der Waals surface area contributed by atoms with Gasteiger partial charge in [-0.1, -0.05) is 5.92 Å². The summed E-state index contributed by atoms with van der Waals surface area (Å²) in [6, 6.07) is 8.09. The Morgan fingerprint density at radius 1 is 1.09 bits per heavy atom. The first-order valence-electron chi connectivity index (χ1n) is 9.19. The molecule has 0 saturated heterocycles. The number of terminal acetylenes is 1. The van der Waals surface area contributed by atoms with Crippen molar-refractivity contribution >= 4 is 34.0 Å². The van der Waals surface area contributed by atoms with E-state index < -0.39 is 11.8 Å². The third kappa shape index (κ3) is 6.65. The molecule has 0 aliphatic carbocycles. The molecule has 0 atom stereocenters. The maximum atomic E-state index is 12.3. The zero-order chi connectivity index (χ0) is 23.5. The highest BCUT2D eigenvalue weighted by atomic mass is 79.9. The number of hydrogen-bond acceptors (Lipinski definition) is 7. The smallest absolute Gasteiger partial charge is 0.259 e. The Hall–Kier alpha value is -3.71. The van der Waals surface area contributed by atoms with Crippen LogP contribution in [0.4, 0.5) is 0 Å². The van der Waals surface area contributed by atoms with Gasteiger partial charge in [0.25, 0.3) is 11.8 Å². The Balaban J connectivity index is 1.93. The molecule has 0 aromatic heterocycles. The van der Waals surface area contributed by atoms with Crippen molar-refractivity contribution < 1.29 is 28.5 Å². The first kappa shape index (κ1) is 24.6. The SMILES string of the molecule is C#CCOc1c(Br)cc(C=NNC(=O)CNC(=O)c2ccc(OC)c(OC)c2)cc1OC. The summed E-state index contributed by atoms with van der Waals surface area (Å²) in [5.41, 5.74) is 3.30. The first-order valence-corrected chi connectivity index (χ1v) is 9.98. The minimum Gasteiger partial charge on any atom is -0.493 e. The van der Waals surface area contributed by atoms with Gasteiger partial charge in [0.05, 0.1) is 38.6 Å². The fraction of sp³-hybridized carbons (Fsp3) is 0.227. The van der Waals surface area contributed by atoms with Crippen LogP contribution in [0.5, 0.6) is 23.0 Å². The second-order valence-corrected chi connectivity index (χ2v) is 6.93. The third-order valence-electron chi connectivity index (χ3n) is 4.01. The number of nitrogens with zero attached hydrogens (tertiary/aromatic N) is 1. The minimum atomic E-state index is -0.505. The largest absolute Gasteiger partial charge is 0.493 e. The third-order valence-corrected chi connectivity index (χ3v) is 4.60. The molecule has 0 spiro atoms. The van der Waals surface area contributed by atoms with Crippen LogP contribution in [0, 0.1) is 12.3 Å². The molecule has 168 valence electrons. The van der Waals surface area contributed by atoms with Crippen molar-refractivity contribution in [1.82, 2.24) is 10.7 Å². The van der Waals surface area contributed by atoms with Crippen LogP contribution in [0.3, 0.4) is 0 Å². The number of hydrogen-bond donors (Lipinski definition) is 2. The van der Waals surface area contributed by atoms with E-state index in [9.17, 15) is 9.59 Å². The number of methoxy groups -OCH3 is 3. The first-order chi connectivity index (χ1) is 15.4. The molecule has 0 aliphatic heterocycles. The van der Waals surface area contributed by atoms with Gasteiger partial charge in [-0.05, 0) is 51.8 Å². The van der Waals surface area contributed by atoms with Gasteiger partial charge in [-0.25, -0.2) is 5.43 Å². The average molecular weight is 504 g/mol. The molecule has 0 aliphatic rings. The summed E-state index contributed by atoms with van der Waals surface area (Å²) in [6.07, 6.45) is 6.64. The normalized spacial score (nSPS) is 10.2. The van der Waals surface area contributed by atoms with Crippen LogP contribution in [0.25, 0.3) is 0 Å². The molecule has 32 heavy (non-hydrogen) atoms. The summed E-state index contributed by atoms with van der Waals surface area (Å²) in [7, 11) is 4.46. The average Bonchev–Trinajstić information content (AvgIpc) is 2.80. The Kier molecular flexibility index (Phi) is 9.38. The number of benzene rings is 2. The predicted molar refractivity (Wildman–Crippen MR) is 123 cm³/mol. The number of amides is 2. The Morgan fingerprint density at radius 2 is 1.81 bits per heavy atom. The number of halogens is 1. The lowest BCUT2D eigenvalue weighted by Gasteiger charge is -2.11. The maximum Gasteiger partial charge on any atom is 0.259 e. The van der Waals surface area contributed by atoms with E-state index in [1.54, 1.807) is 24.3 Å². The number of carbonyl (C=O) groups excluding carboxylic acids is 2. The minimum absolute atomic E-state index is 0.0908. The lowest BCUT2D eigenvalue weighted by atomic mass is 10.2. The molecule has 0 heterocycles. The maximum absolute atomic E-state index is 12.3. The molecule has 2 N–H and O–H groups in total. The van der Waals surface area contributed by atoms with Gasteiger partial charge >= 0.3 is 0 Å². The summed E-state index contributed by atoms with van der Waals surface area (Å²) >= 11 is 3.39. The molecule has 0 bridgehead atoms. The molecule has 0 fully saturated rings.